The summed E-state index contributed by atoms with van der Waals surface area (Å²) in [5.41, 5.74) is 4.06. The van der Waals surface area contributed by atoms with Crippen molar-refractivity contribution in [2.24, 2.45) is 0 Å². The van der Waals surface area contributed by atoms with Crippen molar-refractivity contribution in [2.45, 2.75) is 40.0 Å². The van der Waals surface area contributed by atoms with E-state index in [0.717, 1.165) is 12.2 Å². The van der Waals surface area contributed by atoms with Crippen LogP contribution >= 0.6 is 0 Å². The third kappa shape index (κ3) is 4.73. The summed E-state index contributed by atoms with van der Waals surface area (Å²) < 4.78 is 5.16. The van der Waals surface area contributed by atoms with Crippen molar-refractivity contribution in [2.75, 3.05) is 7.11 Å². The minimum Gasteiger partial charge on any atom is -0.497 e. The van der Waals surface area contributed by atoms with E-state index in [9.17, 15) is 0 Å². The van der Waals surface area contributed by atoms with Crippen LogP contribution in [-0.4, -0.2) is 7.11 Å². The molecule has 0 atom stereocenters. The van der Waals surface area contributed by atoms with E-state index in [4.69, 9.17) is 4.74 Å². The van der Waals surface area contributed by atoms with Gasteiger partial charge in [-0.1, -0.05) is 64.1 Å². The predicted octanol–water partition coefficient (Wildman–Crippen LogP) is 5.44. The minimum absolute atomic E-state index is 0.597. The summed E-state index contributed by atoms with van der Waals surface area (Å²) in [5.74, 6) is 1.51. The summed E-state index contributed by atoms with van der Waals surface area (Å²) in [6.07, 6.45) is 0.975. The number of rotatable bonds is 4. The van der Waals surface area contributed by atoms with Crippen molar-refractivity contribution >= 4 is 0 Å². The lowest BCUT2D eigenvalue weighted by molar-refractivity contribution is 0.414. The van der Waals surface area contributed by atoms with Crippen LogP contribution in [-0.2, 0) is 6.42 Å². The monoisotopic (exact) mass is 270 g/mol. The fraction of sp³-hybridized carbons (Fsp3) is 0.368. The van der Waals surface area contributed by atoms with Crippen LogP contribution in [0.25, 0.3) is 0 Å². The molecular weight excluding hydrogens is 244 g/mol. The van der Waals surface area contributed by atoms with E-state index < -0.39 is 0 Å². The van der Waals surface area contributed by atoms with Gasteiger partial charge in [0.2, 0.25) is 0 Å². The molecule has 0 spiro atoms. The first-order chi connectivity index (χ1) is 9.69. The Morgan fingerprint density at radius 1 is 0.800 bits per heavy atom. The number of hydrogen-bond donors (Lipinski definition) is 0. The van der Waals surface area contributed by atoms with Crippen LogP contribution < -0.4 is 4.74 Å². The van der Waals surface area contributed by atoms with Gasteiger partial charge in [-0.15, -0.1) is 0 Å². The van der Waals surface area contributed by atoms with Gasteiger partial charge < -0.3 is 4.74 Å². The molecule has 1 heteroatoms. The van der Waals surface area contributed by atoms with E-state index >= 15 is 0 Å². The van der Waals surface area contributed by atoms with E-state index in [-0.39, 0.29) is 0 Å². The Morgan fingerprint density at radius 2 is 1.25 bits per heavy atom. The maximum absolute atomic E-state index is 5.16. The third-order valence-corrected chi connectivity index (χ3v) is 3.21. The highest BCUT2D eigenvalue weighted by Gasteiger charge is 2.00. The molecule has 0 saturated carbocycles. The fourth-order valence-corrected chi connectivity index (χ4v) is 2.00. The highest BCUT2D eigenvalue weighted by atomic mass is 16.5. The summed E-state index contributed by atoms with van der Waals surface area (Å²) in [5, 5.41) is 0. The molecule has 1 nitrogen and oxygen atoms in total. The summed E-state index contributed by atoms with van der Waals surface area (Å²) >= 11 is 0. The highest BCUT2D eigenvalue weighted by molar-refractivity contribution is 5.33. The van der Waals surface area contributed by atoms with Crippen molar-refractivity contribution in [3.63, 3.8) is 0 Å². The molecule has 0 aliphatic rings. The van der Waals surface area contributed by atoms with Crippen LogP contribution in [0.4, 0.5) is 0 Å². The first kappa shape index (κ1) is 16.3. The van der Waals surface area contributed by atoms with Crippen LogP contribution in [0.1, 0.15) is 50.3 Å². The number of ether oxygens (including phenoxy) is 1. The van der Waals surface area contributed by atoms with Gasteiger partial charge in [-0.2, -0.15) is 0 Å². The fourth-order valence-electron chi connectivity index (χ4n) is 2.00. The van der Waals surface area contributed by atoms with Crippen LogP contribution in [0, 0.1) is 0 Å². The van der Waals surface area contributed by atoms with Crippen LogP contribution in [0.2, 0.25) is 0 Å². The zero-order chi connectivity index (χ0) is 15.0. The Bertz CT molecular complexity index is 480. The standard InChI is InChI=1S/C17H20O.C2H6/c1-13(2)16-8-4-14(5-9-16)12-15-6-10-17(18-3)11-7-15;1-2/h4-11,13H,12H2,1-3H3;1-2H3. The van der Waals surface area contributed by atoms with Gasteiger partial charge in [0.25, 0.3) is 0 Å². The van der Waals surface area contributed by atoms with Crippen molar-refractivity contribution < 1.29 is 4.74 Å². The Morgan fingerprint density at radius 3 is 1.65 bits per heavy atom. The minimum atomic E-state index is 0.597. The molecule has 0 unspecified atom stereocenters. The Balaban J connectivity index is 0.000000956. The Labute approximate surface area is 123 Å². The summed E-state index contributed by atoms with van der Waals surface area (Å²) in [6.45, 7) is 8.44. The lowest BCUT2D eigenvalue weighted by atomic mass is 9.99. The second-order valence-corrected chi connectivity index (χ2v) is 4.92. The lowest BCUT2D eigenvalue weighted by Gasteiger charge is -2.07. The van der Waals surface area contributed by atoms with E-state index in [1.165, 1.54) is 16.7 Å². The molecule has 0 fully saturated rings. The molecule has 0 aromatic heterocycles. The van der Waals surface area contributed by atoms with Gasteiger partial charge in [0.15, 0.2) is 0 Å². The topological polar surface area (TPSA) is 9.23 Å². The number of hydrogen-bond acceptors (Lipinski definition) is 1. The predicted molar refractivity (Wildman–Crippen MR) is 87.7 cm³/mol. The average Bonchev–Trinajstić information content (AvgIpc) is 2.50. The maximum Gasteiger partial charge on any atom is 0.118 e. The average molecular weight is 270 g/mol. The first-order valence-corrected chi connectivity index (χ1v) is 7.41. The number of benzene rings is 2. The Hall–Kier alpha value is -1.76. The molecular formula is C19H26O. The first-order valence-electron chi connectivity index (χ1n) is 7.41. The SMILES string of the molecule is CC.COc1ccc(Cc2ccc(C(C)C)cc2)cc1. The summed E-state index contributed by atoms with van der Waals surface area (Å²) in [7, 11) is 1.69. The second kappa shape index (κ2) is 8.42. The van der Waals surface area contributed by atoms with Crippen LogP contribution in [0.3, 0.4) is 0 Å². The third-order valence-electron chi connectivity index (χ3n) is 3.21. The van der Waals surface area contributed by atoms with Gasteiger partial charge in [0, 0.05) is 0 Å². The number of methoxy groups -OCH3 is 1. The lowest BCUT2D eigenvalue weighted by Crippen LogP contribution is -1.91. The molecule has 2 rings (SSSR count). The molecule has 0 aliphatic carbocycles. The van der Waals surface area contributed by atoms with Crippen LogP contribution in [0.5, 0.6) is 5.75 Å². The molecule has 0 bridgehead atoms. The van der Waals surface area contributed by atoms with Gasteiger partial charge in [-0.25, -0.2) is 0 Å². The van der Waals surface area contributed by atoms with Gasteiger partial charge in [0.1, 0.15) is 5.75 Å². The van der Waals surface area contributed by atoms with Gasteiger partial charge in [0.05, 0.1) is 7.11 Å². The van der Waals surface area contributed by atoms with E-state index in [2.05, 4.69) is 50.2 Å². The van der Waals surface area contributed by atoms with Crippen molar-refractivity contribution in [3.05, 3.63) is 65.2 Å². The maximum atomic E-state index is 5.16. The normalized spacial score (nSPS) is 9.90. The molecule has 0 aliphatic heterocycles. The quantitative estimate of drug-likeness (QED) is 0.719. The van der Waals surface area contributed by atoms with E-state index in [1.807, 2.05) is 26.0 Å². The second-order valence-electron chi connectivity index (χ2n) is 4.92. The van der Waals surface area contributed by atoms with Gasteiger partial charge in [-0.3, -0.25) is 0 Å². The van der Waals surface area contributed by atoms with Crippen molar-refractivity contribution in [1.82, 2.24) is 0 Å². The zero-order valence-electron chi connectivity index (χ0n) is 13.3. The van der Waals surface area contributed by atoms with E-state index in [1.54, 1.807) is 7.11 Å². The highest BCUT2D eigenvalue weighted by Crippen LogP contribution is 2.18. The van der Waals surface area contributed by atoms with Crippen LogP contribution in [0.15, 0.2) is 48.5 Å². The zero-order valence-corrected chi connectivity index (χ0v) is 13.3. The largest absolute Gasteiger partial charge is 0.497 e. The molecule has 0 amide bonds. The van der Waals surface area contributed by atoms with E-state index in [0.29, 0.717) is 5.92 Å². The molecule has 108 valence electrons. The molecule has 20 heavy (non-hydrogen) atoms. The smallest absolute Gasteiger partial charge is 0.118 e. The molecule has 0 heterocycles. The Kier molecular flexibility index (Phi) is 6.86. The van der Waals surface area contributed by atoms with Gasteiger partial charge >= 0.3 is 0 Å². The molecule has 2 aromatic rings. The van der Waals surface area contributed by atoms with Crippen molar-refractivity contribution in [3.8, 4) is 5.75 Å². The summed E-state index contributed by atoms with van der Waals surface area (Å²) in [6, 6.07) is 17.2. The molecule has 0 radical (unpaired) electrons. The molecule has 0 N–H and O–H groups in total. The molecule has 0 saturated heterocycles. The van der Waals surface area contributed by atoms with Crippen molar-refractivity contribution in [1.29, 1.82) is 0 Å². The summed E-state index contributed by atoms with van der Waals surface area (Å²) in [4.78, 5) is 0. The van der Waals surface area contributed by atoms with Gasteiger partial charge in [-0.05, 0) is 41.2 Å². The molecule has 2 aromatic carbocycles.